The van der Waals surface area contributed by atoms with Crippen LogP contribution in [-0.4, -0.2) is 42.2 Å². The lowest BCUT2D eigenvalue weighted by atomic mass is 10.1. The van der Waals surface area contributed by atoms with Crippen molar-refractivity contribution in [3.8, 4) is 0 Å². The summed E-state index contributed by atoms with van der Waals surface area (Å²) in [6.07, 6.45) is 5.34. The molecule has 1 N–H and O–H groups in total. The fraction of sp³-hybridized carbons (Fsp3) is 0.474. The first-order valence-corrected chi connectivity index (χ1v) is 8.97. The van der Waals surface area contributed by atoms with E-state index in [0.717, 1.165) is 44.2 Å². The molecule has 2 aromatic rings. The number of para-hydroxylation sites is 1. The van der Waals surface area contributed by atoms with Crippen LogP contribution in [0, 0.1) is 0 Å². The Bertz CT molecular complexity index is 696. The molecular weight excluding hydrogens is 298 g/mol. The van der Waals surface area contributed by atoms with E-state index in [-0.39, 0.29) is 0 Å². The minimum Gasteiger partial charge on any atom is -0.368 e. The molecular formula is C19H25N5. The second-order valence-corrected chi connectivity index (χ2v) is 6.76. The average Bonchev–Trinajstić information content (AvgIpc) is 3.24. The van der Waals surface area contributed by atoms with Crippen LogP contribution >= 0.6 is 0 Å². The molecule has 3 heterocycles. The van der Waals surface area contributed by atoms with E-state index in [1.807, 2.05) is 0 Å². The minimum absolute atomic E-state index is 0.565. The minimum atomic E-state index is 0.565. The largest absolute Gasteiger partial charge is 0.368 e. The molecule has 1 aromatic carbocycles. The maximum Gasteiger partial charge on any atom is 0.134 e. The number of aromatic nitrogens is 2. The van der Waals surface area contributed by atoms with Gasteiger partial charge in [0.1, 0.15) is 18.0 Å². The first-order valence-electron chi connectivity index (χ1n) is 8.97. The molecule has 0 saturated carbocycles. The third-order valence-corrected chi connectivity index (χ3v) is 5.09. The standard InChI is InChI=1S/C19H25N5/c1-15-12-16-6-2-3-7-17(16)24(15)11-8-20-18-13-19(22-14-21-18)23-9-4-5-10-23/h2-3,6-7,13-15H,4-5,8-12H2,1H3,(H,20,21,22). The summed E-state index contributed by atoms with van der Waals surface area (Å²) < 4.78 is 0. The molecule has 0 aliphatic carbocycles. The van der Waals surface area contributed by atoms with Crippen LogP contribution in [0.3, 0.4) is 0 Å². The van der Waals surface area contributed by atoms with E-state index in [1.165, 1.54) is 24.1 Å². The number of benzene rings is 1. The Labute approximate surface area is 143 Å². The van der Waals surface area contributed by atoms with Crippen LogP contribution in [0.4, 0.5) is 17.3 Å². The zero-order valence-electron chi connectivity index (χ0n) is 14.3. The summed E-state index contributed by atoms with van der Waals surface area (Å²) in [7, 11) is 0. The van der Waals surface area contributed by atoms with Gasteiger partial charge in [0, 0.05) is 44.0 Å². The number of hydrogen-bond donors (Lipinski definition) is 1. The Hall–Kier alpha value is -2.30. The molecule has 0 amide bonds. The van der Waals surface area contributed by atoms with Crippen molar-refractivity contribution in [3.05, 3.63) is 42.2 Å². The molecule has 0 radical (unpaired) electrons. The lowest BCUT2D eigenvalue weighted by Crippen LogP contribution is -2.33. The second-order valence-electron chi connectivity index (χ2n) is 6.76. The van der Waals surface area contributed by atoms with Crippen LogP contribution in [0.2, 0.25) is 0 Å². The molecule has 1 atom stereocenters. The van der Waals surface area contributed by atoms with E-state index in [2.05, 4.69) is 62.3 Å². The van der Waals surface area contributed by atoms with Crippen molar-refractivity contribution in [1.82, 2.24) is 9.97 Å². The van der Waals surface area contributed by atoms with Gasteiger partial charge in [-0.05, 0) is 37.8 Å². The van der Waals surface area contributed by atoms with Crippen molar-refractivity contribution in [2.24, 2.45) is 0 Å². The molecule has 1 saturated heterocycles. The Morgan fingerprint density at radius 3 is 2.88 bits per heavy atom. The molecule has 126 valence electrons. The van der Waals surface area contributed by atoms with E-state index in [9.17, 15) is 0 Å². The Kier molecular flexibility index (Phi) is 4.24. The van der Waals surface area contributed by atoms with Crippen LogP contribution in [0.5, 0.6) is 0 Å². The smallest absolute Gasteiger partial charge is 0.134 e. The summed E-state index contributed by atoms with van der Waals surface area (Å²) in [5.74, 6) is 1.97. The molecule has 0 spiro atoms. The first kappa shape index (κ1) is 15.2. The SMILES string of the molecule is CC1Cc2ccccc2N1CCNc1cc(N2CCCC2)ncn1. The molecule has 1 aromatic heterocycles. The van der Waals surface area contributed by atoms with Crippen LogP contribution in [-0.2, 0) is 6.42 Å². The van der Waals surface area contributed by atoms with Gasteiger partial charge >= 0.3 is 0 Å². The third kappa shape index (κ3) is 3.03. The Morgan fingerprint density at radius 1 is 1.17 bits per heavy atom. The predicted molar refractivity (Wildman–Crippen MR) is 98.9 cm³/mol. The fourth-order valence-corrected chi connectivity index (χ4v) is 3.84. The first-order chi connectivity index (χ1) is 11.8. The maximum atomic E-state index is 4.41. The lowest BCUT2D eigenvalue weighted by Gasteiger charge is -2.25. The molecule has 5 heteroatoms. The molecule has 0 bridgehead atoms. The van der Waals surface area contributed by atoms with Crippen LogP contribution in [0.25, 0.3) is 0 Å². The number of nitrogens with one attached hydrogen (secondary N) is 1. The highest BCUT2D eigenvalue weighted by Gasteiger charge is 2.24. The van der Waals surface area contributed by atoms with Gasteiger partial charge in [-0.1, -0.05) is 18.2 Å². The molecule has 2 aliphatic heterocycles. The van der Waals surface area contributed by atoms with Gasteiger partial charge in [0.05, 0.1) is 0 Å². The highest BCUT2D eigenvalue weighted by atomic mass is 15.2. The summed E-state index contributed by atoms with van der Waals surface area (Å²) in [6.45, 7) is 6.39. The van der Waals surface area contributed by atoms with Crippen LogP contribution < -0.4 is 15.1 Å². The van der Waals surface area contributed by atoms with Crippen LogP contribution in [0.15, 0.2) is 36.7 Å². The number of nitrogens with zero attached hydrogens (tertiary/aromatic N) is 4. The monoisotopic (exact) mass is 323 g/mol. The predicted octanol–water partition coefficient (Wildman–Crippen LogP) is 2.94. The summed E-state index contributed by atoms with van der Waals surface area (Å²) in [6, 6.07) is 11.4. The molecule has 5 nitrogen and oxygen atoms in total. The molecule has 1 fully saturated rings. The number of hydrogen-bond acceptors (Lipinski definition) is 5. The van der Waals surface area contributed by atoms with Crippen molar-refractivity contribution in [3.63, 3.8) is 0 Å². The van der Waals surface area contributed by atoms with E-state index in [0.29, 0.717) is 6.04 Å². The fourth-order valence-electron chi connectivity index (χ4n) is 3.84. The summed E-state index contributed by atoms with van der Waals surface area (Å²) in [4.78, 5) is 13.6. The van der Waals surface area contributed by atoms with E-state index in [4.69, 9.17) is 0 Å². The number of rotatable bonds is 5. The lowest BCUT2D eigenvalue weighted by molar-refractivity contribution is 0.680. The number of fused-ring (bicyclic) bond motifs is 1. The molecule has 4 rings (SSSR count). The maximum absolute atomic E-state index is 4.41. The highest BCUT2D eigenvalue weighted by molar-refractivity contribution is 5.59. The Morgan fingerprint density at radius 2 is 2.00 bits per heavy atom. The van der Waals surface area contributed by atoms with Crippen molar-refractivity contribution in [2.75, 3.05) is 41.3 Å². The van der Waals surface area contributed by atoms with Gasteiger partial charge in [-0.25, -0.2) is 9.97 Å². The van der Waals surface area contributed by atoms with E-state index >= 15 is 0 Å². The average molecular weight is 323 g/mol. The van der Waals surface area contributed by atoms with Gasteiger partial charge in [0.15, 0.2) is 0 Å². The van der Waals surface area contributed by atoms with Gasteiger partial charge < -0.3 is 15.1 Å². The zero-order chi connectivity index (χ0) is 16.4. The number of anilines is 3. The van der Waals surface area contributed by atoms with Gasteiger partial charge in [-0.2, -0.15) is 0 Å². The van der Waals surface area contributed by atoms with E-state index in [1.54, 1.807) is 6.33 Å². The summed E-state index contributed by atoms with van der Waals surface area (Å²) in [5.41, 5.74) is 2.84. The molecule has 2 aliphatic rings. The van der Waals surface area contributed by atoms with Gasteiger partial charge in [0.2, 0.25) is 0 Å². The summed E-state index contributed by atoms with van der Waals surface area (Å²) >= 11 is 0. The molecule has 24 heavy (non-hydrogen) atoms. The zero-order valence-corrected chi connectivity index (χ0v) is 14.3. The van der Waals surface area contributed by atoms with Crippen molar-refractivity contribution in [2.45, 2.75) is 32.2 Å². The highest BCUT2D eigenvalue weighted by Crippen LogP contribution is 2.31. The molecule has 1 unspecified atom stereocenters. The quantitative estimate of drug-likeness (QED) is 0.916. The summed E-state index contributed by atoms with van der Waals surface area (Å²) in [5, 5.41) is 3.47. The topological polar surface area (TPSA) is 44.3 Å². The van der Waals surface area contributed by atoms with Crippen molar-refractivity contribution < 1.29 is 0 Å². The van der Waals surface area contributed by atoms with E-state index < -0.39 is 0 Å². The second kappa shape index (κ2) is 6.67. The van der Waals surface area contributed by atoms with Gasteiger partial charge in [0.25, 0.3) is 0 Å². The Balaban J connectivity index is 1.37. The van der Waals surface area contributed by atoms with Crippen LogP contribution in [0.1, 0.15) is 25.3 Å². The normalized spacial score (nSPS) is 19.6. The van der Waals surface area contributed by atoms with Gasteiger partial charge in [-0.3, -0.25) is 0 Å². The van der Waals surface area contributed by atoms with Gasteiger partial charge in [-0.15, -0.1) is 0 Å². The van der Waals surface area contributed by atoms with Crippen molar-refractivity contribution >= 4 is 17.3 Å². The van der Waals surface area contributed by atoms with Crippen molar-refractivity contribution in [1.29, 1.82) is 0 Å². The third-order valence-electron chi connectivity index (χ3n) is 5.09.